The molecule has 7 heteroatoms. The van der Waals surface area contributed by atoms with Crippen molar-refractivity contribution in [3.63, 3.8) is 0 Å². The molecular formula is C7H11N7. The Morgan fingerprint density at radius 1 is 1.50 bits per heavy atom. The Balaban J connectivity index is 2.31. The van der Waals surface area contributed by atoms with Gasteiger partial charge in [0.15, 0.2) is 5.82 Å². The molecule has 0 aliphatic carbocycles. The molecule has 0 saturated carbocycles. The quantitative estimate of drug-likeness (QED) is 0.682. The number of hydrogen-bond donors (Lipinski definition) is 2. The van der Waals surface area contributed by atoms with Crippen molar-refractivity contribution >= 4 is 0 Å². The zero-order valence-electron chi connectivity index (χ0n) is 7.75. The Bertz CT molecular complexity index is 390. The first-order valence-electron chi connectivity index (χ1n) is 4.31. The molecule has 0 spiro atoms. The maximum atomic E-state index is 5.92. The number of aromatic nitrogens is 6. The van der Waals surface area contributed by atoms with Gasteiger partial charge < -0.3 is 5.73 Å². The van der Waals surface area contributed by atoms with Crippen molar-refractivity contribution in [1.82, 2.24) is 29.9 Å². The van der Waals surface area contributed by atoms with Gasteiger partial charge in [-0.1, -0.05) is 0 Å². The van der Waals surface area contributed by atoms with Crippen LogP contribution in [0.2, 0.25) is 0 Å². The number of nitrogens with zero attached hydrogens (tertiary/aromatic N) is 5. The second-order valence-electron chi connectivity index (χ2n) is 2.78. The third-order valence-corrected chi connectivity index (χ3v) is 1.95. The van der Waals surface area contributed by atoms with Crippen LogP contribution < -0.4 is 5.73 Å². The average molecular weight is 193 g/mol. The van der Waals surface area contributed by atoms with Crippen LogP contribution in [0.15, 0.2) is 12.7 Å². The van der Waals surface area contributed by atoms with Gasteiger partial charge in [0.25, 0.3) is 0 Å². The fourth-order valence-corrected chi connectivity index (χ4v) is 1.24. The Hall–Kier alpha value is -1.76. The fourth-order valence-electron chi connectivity index (χ4n) is 1.24. The van der Waals surface area contributed by atoms with Gasteiger partial charge in [0.1, 0.15) is 24.5 Å². The summed E-state index contributed by atoms with van der Waals surface area (Å²) in [5.41, 5.74) is 5.92. The highest BCUT2D eigenvalue weighted by Crippen LogP contribution is 2.11. The van der Waals surface area contributed by atoms with Crippen LogP contribution in [0.5, 0.6) is 0 Å². The van der Waals surface area contributed by atoms with Crippen molar-refractivity contribution in [3.8, 4) is 0 Å². The Morgan fingerprint density at radius 3 is 3.00 bits per heavy atom. The molecule has 0 aliphatic heterocycles. The highest BCUT2D eigenvalue weighted by atomic mass is 15.3. The van der Waals surface area contributed by atoms with Gasteiger partial charge in [0.05, 0.1) is 0 Å². The van der Waals surface area contributed by atoms with Crippen LogP contribution in [-0.2, 0) is 6.54 Å². The van der Waals surface area contributed by atoms with Gasteiger partial charge in [0, 0.05) is 6.54 Å². The molecular weight excluding hydrogens is 182 g/mol. The van der Waals surface area contributed by atoms with Crippen molar-refractivity contribution in [2.24, 2.45) is 5.73 Å². The lowest BCUT2D eigenvalue weighted by atomic mass is 10.3. The summed E-state index contributed by atoms with van der Waals surface area (Å²) in [6, 6.07) is -0.403. The van der Waals surface area contributed by atoms with Gasteiger partial charge in [-0.3, -0.25) is 5.10 Å². The minimum Gasteiger partial charge on any atom is -0.315 e. The number of aryl methyl sites for hydroxylation is 1. The summed E-state index contributed by atoms with van der Waals surface area (Å²) in [5.74, 6) is 1.27. The highest BCUT2D eigenvalue weighted by molar-refractivity contribution is 5.06. The molecule has 0 radical (unpaired) electrons. The number of H-pyrrole nitrogens is 1. The molecule has 1 atom stereocenters. The zero-order chi connectivity index (χ0) is 9.97. The summed E-state index contributed by atoms with van der Waals surface area (Å²) in [7, 11) is 0. The summed E-state index contributed by atoms with van der Waals surface area (Å²) in [6.07, 6.45) is 2.90. The minimum atomic E-state index is -0.403. The molecule has 14 heavy (non-hydrogen) atoms. The molecule has 1 unspecified atom stereocenters. The normalized spacial score (nSPS) is 13.0. The summed E-state index contributed by atoms with van der Waals surface area (Å²) >= 11 is 0. The van der Waals surface area contributed by atoms with E-state index in [1.165, 1.54) is 12.7 Å². The third kappa shape index (κ3) is 1.37. The van der Waals surface area contributed by atoms with Crippen molar-refractivity contribution in [2.75, 3.05) is 0 Å². The topological polar surface area (TPSA) is 98.3 Å². The predicted octanol–water partition coefficient (Wildman–Crippen LogP) is -0.536. The number of rotatable bonds is 3. The first-order valence-corrected chi connectivity index (χ1v) is 4.31. The van der Waals surface area contributed by atoms with Gasteiger partial charge in [-0.05, 0) is 6.92 Å². The molecule has 0 saturated heterocycles. The van der Waals surface area contributed by atoms with Crippen LogP contribution in [0, 0.1) is 0 Å². The SMILES string of the molecule is CCn1ncnc1C(N)c1ncn[nH]1. The molecule has 0 amide bonds. The number of nitrogens with two attached hydrogens (primary N) is 1. The average Bonchev–Trinajstić information content (AvgIpc) is 2.87. The van der Waals surface area contributed by atoms with E-state index in [0.717, 1.165) is 6.54 Å². The Morgan fingerprint density at radius 2 is 2.36 bits per heavy atom. The van der Waals surface area contributed by atoms with Gasteiger partial charge >= 0.3 is 0 Å². The summed E-state index contributed by atoms with van der Waals surface area (Å²) in [5, 5.41) is 10.5. The van der Waals surface area contributed by atoms with Crippen molar-refractivity contribution < 1.29 is 0 Å². The van der Waals surface area contributed by atoms with Gasteiger partial charge in [-0.25, -0.2) is 14.6 Å². The predicted molar refractivity (Wildman–Crippen MR) is 48.1 cm³/mol. The monoisotopic (exact) mass is 193 g/mol. The molecule has 7 nitrogen and oxygen atoms in total. The first kappa shape index (κ1) is 8.82. The molecule has 0 aliphatic rings. The van der Waals surface area contributed by atoms with E-state index in [4.69, 9.17) is 5.73 Å². The largest absolute Gasteiger partial charge is 0.315 e. The Labute approximate surface area is 80.4 Å². The van der Waals surface area contributed by atoms with E-state index in [-0.39, 0.29) is 0 Å². The van der Waals surface area contributed by atoms with Crippen LogP contribution in [0.4, 0.5) is 0 Å². The molecule has 2 aromatic heterocycles. The maximum absolute atomic E-state index is 5.92. The van der Waals surface area contributed by atoms with Gasteiger partial charge in [0.2, 0.25) is 0 Å². The number of hydrogen-bond acceptors (Lipinski definition) is 5. The van der Waals surface area contributed by atoms with Crippen molar-refractivity contribution in [1.29, 1.82) is 0 Å². The standard InChI is InChI=1S/C7H11N7/c1-2-14-7(10-4-12-14)5(8)6-9-3-11-13-6/h3-5H,2,8H2,1H3,(H,9,11,13). The lowest BCUT2D eigenvalue weighted by Crippen LogP contribution is -2.19. The zero-order valence-corrected chi connectivity index (χ0v) is 7.75. The molecule has 2 aromatic rings. The van der Waals surface area contributed by atoms with Crippen LogP contribution in [0.25, 0.3) is 0 Å². The number of aromatic amines is 1. The molecule has 0 aromatic carbocycles. The molecule has 0 bridgehead atoms. The van der Waals surface area contributed by atoms with E-state index in [0.29, 0.717) is 11.6 Å². The first-order chi connectivity index (χ1) is 6.83. The van der Waals surface area contributed by atoms with E-state index in [1.54, 1.807) is 4.68 Å². The molecule has 74 valence electrons. The second-order valence-corrected chi connectivity index (χ2v) is 2.78. The minimum absolute atomic E-state index is 0.403. The summed E-state index contributed by atoms with van der Waals surface area (Å²) in [4.78, 5) is 8.06. The highest BCUT2D eigenvalue weighted by Gasteiger charge is 2.17. The fraction of sp³-hybridized carbons (Fsp3) is 0.429. The molecule has 2 rings (SSSR count). The van der Waals surface area contributed by atoms with Crippen LogP contribution in [0.1, 0.15) is 24.6 Å². The van der Waals surface area contributed by atoms with Crippen LogP contribution in [0.3, 0.4) is 0 Å². The van der Waals surface area contributed by atoms with E-state index in [1.807, 2.05) is 6.92 Å². The van der Waals surface area contributed by atoms with E-state index in [2.05, 4.69) is 25.3 Å². The summed E-state index contributed by atoms with van der Waals surface area (Å²) < 4.78 is 1.73. The van der Waals surface area contributed by atoms with Crippen molar-refractivity contribution in [3.05, 3.63) is 24.3 Å². The lowest BCUT2D eigenvalue weighted by Gasteiger charge is -2.07. The smallest absolute Gasteiger partial charge is 0.151 e. The molecule has 0 fully saturated rings. The van der Waals surface area contributed by atoms with E-state index in [9.17, 15) is 0 Å². The van der Waals surface area contributed by atoms with E-state index < -0.39 is 6.04 Å². The van der Waals surface area contributed by atoms with Gasteiger partial charge in [-0.2, -0.15) is 10.2 Å². The Kier molecular flexibility index (Phi) is 2.23. The van der Waals surface area contributed by atoms with Crippen LogP contribution >= 0.6 is 0 Å². The lowest BCUT2D eigenvalue weighted by molar-refractivity contribution is 0.581. The van der Waals surface area contributed by atoms with Crippen molar-refractivity contribution in [2.45, 2.75) is 19.5 Å². The molecule has 3 N–H and O–H groups in total. The maximum Gasteiger partial charge on any atom is 0.151 e. The van der Waals surface area contributed by atoms with Gasteiger partial charge in [-0.15, -0.1) is 0 Å². The molecule has 2 heterocycles. The van der Waals surface area contributed by atoms with Crippen LogP contribution in [-0.4, -0.2) is 29.9 Å². The summed E-state index contributed by atoms with van der Waals surface area (Å²) in [6.45, 7) is 2.71. The second kappa shape index (κ2) is 3.54. The van der Waals surface area contributed by atoms with E-state index >= 15 is 0 Å². The number of nitrogens with one attached hydrogen (secondary N) is 1. The third-order valence-electron chi connectivity index (χ3n) is 1.95.